The van der Waals surface area contributed by atoms with Crippen LogP contribution in [0.15, 0.2) is 29.2 Å². The number of aromatic nitrogens is 3. The molecule has 4 heterocycles. The molecule has 0 bridgehead atoms. The van der Waals surface area contributed by atoms with Crippen molar-refractivity contribution >= 4 is 46.3 Å². The second kappa shape index (κ2) is 7.60. The van der Waals surface area contributed by atoms with E-state index in [4.69, 9.17) is 23.2 Å². The highest BCUT2D eigenvalue weighted by molar-refractivity contribution is 6.32. The molecule has 0 amide bonds. The van der Waals surface area contributed by atoms with Crippen molar-refractivity contribution in [2.75, 3.05) is 23.3 Å². The molecule has 11 heteroatoms. The smallest absolute Gasteiger partial charge is 0.356 e. The Morgan fingerprint density at radius 1 is 1.28 bits per heavy atom. The summed E-state index contributed by atoms with van der Waals surface area (Å²) in [4.78, 5) is 35.0. The molecule has 0 radical (unpaired) electrons. The van der Waals surface area contributed by atoms with E-state index in [9.17, 15) is 19.1 Å². The van der Waals surface area contributed by atoms with Crippen LogP contribution < -0.4 is 15.8 Å². The fourth-order valence-corrected chi connectivity index (χ4v) is 4.72. The first-order valence-corrected chi connectivity index (χ1v) is 10.8. The lowest BCUT2D eigenvalue weighted by atomic mass is 10.1. The van der Waals surface area contributed by atoms with Gasteiger partial charge >= 0.3 is 5.97 Å². The number of hydrogen-bond acceptors (Lipinski definition) is 6. The summed E-state index contributed by atoms with van der Waals surface area (Å²) in [6, 6.07) is 3.58. The average Bonchev–Trinajstić information content (AvgIpc) is 3.36. The average molecular weight is 478 g/mol. The Bertz CT molecular complexity index is 1320. The molecule has 0 aromatic carbocycles. The van der Waals surface area contributed by atoms with Crippen LogP contribution >= 0.6 is 23.2 Å². The van der Waals surface area contributed by atoms with Crippen LogP contribution in [0.4, 0.5) is 15.9 Å². The Hall–Kier alpha value is -2.91. The molecule has 1 aliphatic heterocycles. The monoisotopic (exact) mass is 477 g/mol. The number of nitrogens with zero attached hydrogens (tertiary/aromatic N) is 4. The third-order valence-electron chi connectivity index (χ3n) is 6.03. The van der Waals surface area contributed by atoms with E-state index in [1.165, 1.54) is 24.6 Å². The van der Waals surface area contributed by atoms with Gasteiger partial charge in [-0.25, -0.2) is 19.2 Å². The number of carboxylic acid groups (broad SMARTS) is 1. The fourth-order valence-electron chi connectivity index (χ4n) is 4.32. The summed E-state index contributed by atoms with van der Waals surface area (Å²) < 4.78 is 15.5. The third-order valence-corrected chi connectivity index (χ3v) is 6.57. The molecule has 1 saturated heterocycles. The van der Waals surface area contributed by atoms with Crippen LogP contribution in [0.1, 0.15) is 35.4 Å². The molecule has 166 valence electrons. The lowest BCUT2D eigenvalue weighted by Gasteiger charge is -2.23. The van der Waals surface area contributed by atoms with Gasteiger partial charge in [-0.2, -0.15) is 0 Å². The molecule has 1 saturated carbocycles. The van der Waals surface area contributed by atoms with E-state index in [2.05, 4.69) is 15.3 Å². The van der Waals surface area contributed by atoms with Crippen LogP contribution in [0.25, 0.3) is 5.65 Å². The Balaban J connectivity index is 1.60. The van der Waals surface area contributed by atoms with Crippen molar-refractivity contribution in [3.8, 4) is 0 Å². The highest BCUT2D eigenvalue weighted by Crippen LogP contribution is 2.46. The molecule has 3 aromatic heterocycles. The van der Waals surface area contributed by atoms with Crippen molar-refractivity contribution in [2.45, 2.75) is 19.4 Å². The van der Waals surface area contributed by atoms with Gasteiger partial charge in [0.2, 0.25) is 0 Å². The standard InChI is InChI=1S/C21H18Cl2FN5O3/c1-9(25-14-2-3-15(22)26-17(14)21(31)32)13-5-12(24)8-29-18(13)27-19(16(23)20(29)30)28-6-10-4-11(10)7-28/h2-3,5,8-11,25H,4,6-7H2,1H3,(H,31,32)/t9-,10?,11?/m1/s1. The molecule has 2 unspecified atom stereocenters. The molecule has 5 rings (SSSR count). The maximum atomic E-state index is 14.4. The zero-order chi connectivity index (χ0) is 22.7. The number of rotatable bonds is 5. The number of anilines is 2. The van der Waals surface area contributed by atoms with E-state index in [1.54, 1.807) is 6.92 Å². The highest BCUT2D eigenvalue weighted by Gasteiger charge is 2.46. The van der Waals surface area contributed by atoms with Crippen LogP contribution in [0.2, 0.25) is 10.2 Å². The summed E-state index contributed by atoms with van der Waals surface area (Å²) in [5.41, 5.74) is -0.00593. The summed E-state index contributed by atoms with van der Waals surface area (Å²) in [6.45, 7) is 3.28. The van der Waals surface area contributed by atoms with Gasteiger partial charge in [-0.1, -0.05) is 23.2 Å². The van der Waals surface area contributed by atoms with Gasteiger partial charge in [0.25, 0.3) is 5.56 Å². The van der Waals surface area contributed by atoms with Gasteiger partial charge in [0, 0.05) is 24.8 Å². The Morgan fingerprint density at radius 3 is 2.69 bits per heavy atom. The predicted octanol–water partition coefficient (Wildman–Crippen LogP) is 3.86. The van der Waals surface area contributed by atoms with Gasteiger partial charge < -0.3 is 15.3 Å². The topological polar surface area (TPSA) is 99.8 Å². The summed E-state index contributed by atoms with van der Waals surface area (Å²) in [5, 5.41) is 12.5. The van der Waals surface area contributed by atoms with Crippen LogP contribution in [0, 0.1) is 17.7 Å². The number of pyridine rings is 2. The van der Waals surface area contributed by atoms with E-state index >= 15 is 0 Å². The van der Waals surface area contributed by atoms with Crippen molar-refractivity contribution < 1.29 is 14.3 Å². The van der Waals surface area contributed by atoms with Crippen molar-refractivity contribution in [3.05, 3.63) is 62.0 Å². The first-order chi connectivity index (χ1) is 15.2. The molecule has 3 atom stereocenters. The van der Waals surface area contributed by atoms with Gasteiger partial charge in [0.1, 0.15) is 21.6 Å². The summed E-state index contributed by atoms with van der Waals surface area (Å²) in [6.07, 6.45) is 2.23. The van der Waals surface area contributed by atoms with Gasteiger partial charge in [0.15, 0.2) is 11.5 Å². The minimum absolute atomic E-state index is 0.0352. The third kappa shape index (κ3) is 3.55. The minimum atomic E-state index is -1.26. The van der Waals surface area contributed by atoms with Crippen molar-refractivity contribution in [1.82, 2.24) is 14.4 Å². The largest absolute Gasteiger partial charge is 0.476 e. The summed E-state index contributed by atoms with van der Waals surface area (Å²) in [5.74, 6) is -0.313. The molecule has 2 fully saturated rings. The van der Waals surface area contributed by atoms with E-state index in [1.807, 2.05) is 4.90 Å². The minimum Gasteiger partial charge on any atom is -0.476 e. The Labute approximate surface area is 191 Å². The molecule has 0 spiro atoms. The predicted molar refractivity (Wildman–Crippen MR) is 118 cm³/mol. The van der Waals surface area contributed by atoms with Crippen LogP contribution in [-0.4, -0.2) is 38.5 Å². The SMILES string of the molecule is C[C@@H](Nc1ccc(Cl)nc1C(=O)O)c1cc(F)cn2c(=O)c(Cl)c(N3CC4CC4C3)nc12. The summed E-state index contributed by atoms with van der Waals surface area (Å²) >= 11 is 12.2. The lowest BCUT2D eigenvalue weighted by molar-refractivity contribution is 0.0691. The quantitative estimate of drug-likeness (QED) is 0.538. The molecule has 32 heavy (non-hydrogen) atoms. The van der Waals surface area contributed by atoms with Gasteiger partial charge in [0.05, 0.1) is 11.7 Å². The lowest BCUT2D eigenvalue weighted by Crippen LogP contribution is -2.28. The Kier molecular flexibility index (Phi) is 4.98. The fraction of sp³-hybridized carbons (Fsp3) is 0.333. The number of nitrogens with one attached hydrogen (secondary N) is 1. The summed E-state index contributed by atoms with van der Waals surface area (Å²) in [7, 11) is 0. The van der Waals surface area contributed by atoms with Crippen LogP contribution in [0.3, 0.4) is 0 Å². The van der Waals surface area contributed by atoms with E-state index < -0.39 is 23.4 Å². The molecule has 2 aliphatic rings. The number of fused-ring (bicyclic) bond motifs is 2. The number of halogens is 3. The number of piperidine rings is 1. The zero-order valence-corrected chi connectivity index (χ0v) is 18.4. The first-order valence-electron chi connectivity index (χ1n) is 10.1. The van der Waals surface area contributed by atoms with Gasteiger partial charge in [-0.05, 0) is 43.4 Å². The zero-order valence-electron chi connectivity index (χ0n) is 16.8. The maximum Gasteiger partial charge on any atom is 0.356 e. The number of carboxylic acids is 1. The maximum absolute atomic E-state index is 14.4. The molecule has 8 nitrogen and oxygen atoms in total. The second-order valence-corrected chi connectivity index (χ2v) is 8.99. The van der Waals surface area contributed by atoms with Gasteiger partial charge in [-0.15, -0.1) is 0 Å². The Morgan fingerprint density at radius 2 is 2.00 bits per heavy atom. The van der Waals surface area contributed by atoms with Gasteiger partial charge in [-0.3, -0.25) is 9.20 Å². The normalized spacial score (nSPS) is 20.3. The van der Waals surface area contributed by atoms with Crippen molar-refractivity contribution in [3.63, 3.8) is 0 Å². The van der Waals surface area contributed by atoms with E-state index in [0.717, 1.165) is 23.7 Å². The number of aromatic carboxylic acids is 1. The van der Waals surface area contributed by atoms with Crippen LogP contribution in [-0.2, 0) is 0 Å². The molecule has 3 aromatic rings. The number of hydrogen-bond donors (Lipinski definition) is 2. The molecular formula is C21H18Cl2FN5O3. The van der Waals surface area contributed by atoms with Crippen molar-refractivity contribution in [1.29, 1.82) is 0 Å². The number of carbonyl (C=O) groups is 1. The molecule has 2 N–H and O–H groups in total. The van der Waals surface area contributed by atoms with Crippen LogP contribution in [0.5, 0.6) is 0 Å². The van der Waals surface area contributed by atoms with E-state index in [0.29, 0.717) is 23.2 Å². The second-order valence-electron chi connectivity index (χ2n) is 8.22. The highest BCUT2D eigenvalue weighted by atomic mass is 35.5. The van der Waals surface area contributed by atoms with E-state index in [-0.39, 0.29) is 27.2 Å². The first kappa shape index (κ1) is 21.0. The van der Waals surface area contributed by atoms with Crippen molar-refractivity contribution in [2.24, 2.45) is 11.8 Å². The molecule has 1 aliphatic carbocycles. The molecular weight excluding hydrogens is 460 g/mol.